The Balaban J connectivity index is 0.000000401. The molecule has 1 aliphatic heterocycles. The predicted molar refractivity (Wildman–Crippen MR) is 153 cm³/mol. The molecule has 1 saturated heterocycles. The van der Waals surface area contributed by atoms with Crippen molar-refractivity contribution >= 4 is 22.3 Å². The molecule has 1 unspecified atom stereocenters. The molecule has 1 aromatic carbocycles. The largest absolute Gasteiger partial charge is 0.493 e. The summed E-state index contributed by atoms with van der Waals surface area (Å²) >= 11 is 0. The third-order valence-corrected chi connectivity index (χ3v) is 7.08. The second kappa shape index (κ2) is 19.0. The summed E-state index contributed by atoms with van der Waals surface area (Å²) in [6.07, 6.45) is 8.19. The molecule has 0 saturated carbocycles. The predicted octanol–water partition coefficient (Wildman–Crippen LogP) is 4.00. The van der Waals surface area contributed by atoms with E-state index in [4.69, 9.17) is 18.9 Å². The second-order valence-corrected chi connectivity index (χ2v) is 10.3. The number of carbonyl (C=O) groups is 1. The summed E-state index contributed by atoms with van der Waals surface area (Å²) in [5.41, 5.74) is 1.41. The molecule has 39 heavy (non-hydrogen) atoms. The van der Waals surface area contributed by atoms with Gasteiger partial charge in [0.2, 0.25) is 12.2 Å². The van der Waals surface area contributed by atoms with Crippen molar-refractivity contribution in [3.05, 3.63) is 42.2 Å². The van der Waals surface area contributed by atoms with Crippen molar-refractivity contribution in [2.45, 2.75) is 59.1 Å². The number of methoxy groups -OCH3 is 3. The fourth-order valence-electron chi connectivity index (χ4n) is 3.64. The van der Waals surface area contributed by atoms with E-state index in [1.807, 2.05) is 19.1 Å². The lowest BCUT2D eigenvalue weighted by atomic mass is 10.1. The summed E-state index contributed by atoms with van der Waals surface area (Å²) in [7, 11) is 0.853. The van der Waals surface area contributed by atoms with Gasteiger partial charge >= 0.3 is 10.2 Å². The minimum atomic E-state index is -3.62. The zero-order valence-corrected chi connectivity index (χ0v) is 24.8. The summed E-state index contributed by atoms with van der Waals surface area (Å²) < 4.78 is 50.3. The normalized spacial score (nSPS) is 15.0. The van der Waals surface area contributed by atoms with E-state index in [1.165, 1.54) is 32.1 Å². The Kier molecular flexibility index (Phi) is 16.6. The number of ether oxygens (including phenoxy) is 4. The fourth-order valence-corrected chi connectivity index (χ4v) is 5.12. The lowest BCUT2D eigenvalue weighted by Gasteiger charge is -2.32. The minimum absolute atomic E-state index is 0.0108. The molecule has 1 aliphatic rings. The molecule has 3 rings (SSSR count). The number of pyridine rings is 1. The molecule has 0 aliphatic carbocycles. The highest BCUT2D eigenvalue weighted by molar-refractivity contribution is 7.90. The topological polar surface area (TPSA) is 128 Å². The Labute approximate surface area is 233 Å². The summed E-state index contributed by atoms with van der Waals surface area (Å²) in [4.78, 5) is 13.8. The number of nitrogens with zero attached hydrogens (tertiary/aromatic N) is 2. The SMILES string of the molecule is CCC.COc1cc(NS(=O)(=O)N2CCCCC2C)cc(OC)c1OC.O=CNCCOCc1cccnc1. The molecule has 1 aromatic heterocycles. The van der Waals surface area contributed by atoms with Gasteiger partial charge in [0.15, 0.2) is 11.5 Å². The van der Waals surface area contributed by atoms with E-state index < -0.39 is 10.2 Å². The highest BCUT2D eigenvalue weighted by Gasteiger charge is 2.30. The van der Waals surface area contributed by atoms with Crippen LogP contribution in [0.3, 0.4) is 0 Å². The maximum Gasteiger partial charge on any atom is 0.301 e. The molecule has 11 nitrogen and oxygen atoms in total. The van der Waals surface area contributed by atoms with Crippen molar-refractivity contribution in [2.24, 2.45) is 0 Å². The van der Waals surface area contributed by atoms with Gasteiger partial charge < -0.3 is 24.3 Å². The molecule has 0 spiro atoms. The van der Waals surface area contributed by atoms with Gasteiger partial charge in [0, 0.05) is 43.7 Å². The number of hydrogen-bond acceptors (Lipinski definition) is 8. The molecule has 12 heteroatoms. The van der Waals surface area contributed by atoms with Gasteiger partial charge in [0.25, 0.3) is 0 Å². The van der Waals surface area contributed by atoms with E-state index in [0.29, 0.717) is 55.6 Å². The molecule has 2 aromatic rings. The Morgan fingerprint density at radius 3 is 2.28 bits per heavy atom. The zero-order valence-electron chi connectivity index (χ0n) is 23.9. The van der Waals surface area contributed by atoms with Crippen LogP contribution in [-0.4, -0.2) is 71.2 Å². The van der Waals surface area contributed by atoms with Crippen LogP contribution in [0.2, 0.25) is 0 Å². The number of rotatable bonds is 12. The molecular weight excluding hydrogens is 524 g/mol. The van der Waals surface area contributed by atoms with E-state index in [9.17, 15) is 13.2 Å². The number of aromatic nitrogens is 1. The third kappa shape index (κ3) is 12.1. The lowest BCUT2D eigenvalue weighted by molar-refractivity contribution is -0.109. The van der Waals surface area contributed by atoms with Crippen LogP contribution in [0, 0.1) is 0 Å². The smallest absolute Gasteiger partial charge is 0.301 e. The van der Waals surface area contributed by atoms with Crippen LogP contribution < -0.4 is 24.2 Å². The molecule has 0 bridgehead atoms. The van der Waals surface area contributed by atoms with Crippen LogP contribution in [0.15, 0.2) is 36.7 Å². The van der Waals surface area contributed by atoms with Gasteiger partial charge in [-0.2, -0.15) is 12.7 Å². The van der Waals surface area contributed by atoms with Crippen molar-refractivity contribution < 1.29 is 32.2 Å². The number of anilines is 1. The Bertz CT molecular complexity index is 1030. The molecule has 0 radical (unpaired) electrons. The van der Waals surface area contributed by atoms with Crippen molar-refractivity contribution in [1.82, 2.24) is 14.6 Å². The van der Waals surface area contributed by atoms with E-state index >= 15 is 0 Å². The number of piperidine rings is 1. The number of carbonyl (C=O) groups excluding carboxylic acids is 1. The monoisotopic (exact) mass is 568 g/mol. The lowest BCUT2D eigenvalue weighted by Crippen LogP contribution is -2.44. The molecule has 2 heterocycles. The first-order chi connectivity index (χ1) is 18.8. The second-order valence-electron chi connectivity index (χ2n) is 8.67. The van der Waals surface area contributed by atoms with Crippen LogP contribution in [0.25, 0.3) is 0 Å². The maximum absolute atomic E-state index is 12.6. The first kappa shape index (κ1) is 33.9. The van der Waals surface area contributed by atoms with Crippen molar-refractivity contribution in [2.75, 3.05) is 45.7 Å². The molecule has 2 N–H and O–H groups in total. The average molecular weight is 569 g/mol. The summed E-state index contributed by atoms with van der Waals surface area (Å²) in [5, 5.41) is 2.51. The van der Waals surface area contributed by atoms with Gasteiger partial charge in [0.05, 0.1) is 40.2 Å². The van der Waals surface area contributed by atoms with Crippen LogP contribution in [0.4, 0.5) is 5.69 Å². The van der Waals surface area contributed by atoms with E-state index in [1.54, 1.807) is 24.5 Å². The average Bonchev–Trinajstić information content (AvgIpc) is 2.93. The van der Waals surface area contributed by atoms with Gasteiger partial charge in [-0.15, -0.1) is 0 Å². The van der Waals surface area contributed by atoms with Crippen LogP contribution >= 0.6 is 0 Å². The highest BCUT2D eigenvalue weighted by atomic mass is 32.2. The number of hydrogen-bond donors (Lipinski definition) is 2. The number of benzene rings is 1. The van der Waals surface area contributed by atoms with Gasteiger partial charge in [-0.05, 0) is 31.4 Å². The van der Waals surface area contributed by atoms with E-state index in [0.717, 1.165) is 24.8 Å². The van der Waals surface area contributed by atoms with Crippen molar-refractivity contribution in [3.63, 3.8) is 0 Å². The van der Waals surface area contributed by atoms with Crippen LogP contribution in [-0.2, 0) is 26.3 Å². The highest BCUT2D eigenvalue weighted by Crippen LogP contribution is 2.40. The van der Waals surface area contributed by atoms with Gasteiger partial charge in [-0.1, -0.05) is 32.8 Å². The Morgan fingerprint density at radius 2 is 1.77 bits per heavy atom. The summed E-state index contributed by atoms with van der Waals surface area (Å²) in [6, 6.07) is 6.95. The zero-order chi connectivity index (χ0) is 29.1. The third-order valence-electron chi connectivity index (χ3n) is 5.43. The molecular formula is C27H44N4O7S. The van der Waals surface area contributed by atoms with Crippen molar-refractivity contribution in [1.29, 1.82) is 0 Å². The van der Waals surface area contributed by atoms with E-state index in [2.05, 4.69) is 28.9 Å². The summed E-state index contributed by atoms with van der Waals surface area (Å²) in [5.74, 6) is 1.22. The molecule has 1 fully saturated rings. The Hall–Kier alpha value is -3.09. The van der Waals surface area contributed by atoms with E-state index in [-0.39, 0.29) is 6.04 Å². The molecule has 220 valence electrons. The summed E-state index contributed by atoms with van der Waals surface area (Å²) in [6.45, 7) is 8.31. The molecule has 1 amide bonds. The fraction of sp³-hybridized carbons (Fsp3) is 0.556. The van der Waals surface area contributed by atoms with Gasteiger partial charge in [-0.3, -0.25) is 14.5 Å². The first-order valence-corrected chi connectivity index (χ1v) is 14.4. The van der Waals surface area contributed by atoms with Crippen LogP contribution in [0.1, 0.15) is 52.0 Å². The van der Waals surface area contributed by atoms with Gasteiger partial charge in [0.1, 0.15) is 0 Å². The Morgan fingerprint density at radius 1 is 1.10 bits per heavy atom. The number of nitrogens with one attached hydrogen (secondary N) is 2. The minimum Gasteiger partial charge on any atom is -0.493 e. The first-order valence-electron chi connectivity index (χ1n) is 13.0. The van der Waals surface area contributed by atoms with Gasteiger partial charge in [-0.25, -0.2) is 0 Å². The van der Waals surface area contributed by atoms with Crippen LogP contribution in [0.5, 0.6) is 17.2 Å². The molecule has 1 atom stereocenters. The number of amides is 1. The quantitative estimate of drug-likeness (QED) is 0.290. The van der Waals surface area contributed by atoms with Crippen molar-refractivity contribution in [3.8, 4) is 17.2 Å². The standard InChI is InChI=1S/C15H24N2O5S.C9H12N2O2.C3H8/c1-11-7-5-6-8-17(11)23(18,19)16-12-9-13(20-2)15(22-4)14(10-12)21-3;12-8-11-4-5-13-7-9-2-1-3-10-6-9;1-3-2/h9-11,16H,5-8H2,1-4H3;1-3,6,8H,4-5,7H2,(H,11,12);3H2,1-2H3. The maximum atomic E-state index is 12.6.